The lowest BCUT2D eigenvalue weighted by Gasteiger charge is -2.11. The standard InChI is InChI=1S/C18H19FN2O2/c1-21(2)14-6-4-13(5-7-14)18-20-16-9-8-15(12-17(16)23-18)22-11-3-10-19/h4-9,12H,3,10-11H2,1-2H3. The smallest absolute Gasteiger partial charge is 0.227 e. The second-order valence-electron chi connectivity index (χ2n) is 5.48. The summed E-state index contributed by atoms with van der Waals surface area (Å²) >= 11 is 0. The zero-order chi connectivity index (χ0) is 16.2. The predicted octanol–water partition coefficient (Wildman–Crippen LogP) is 4.30. The lowest BCUT2D eigenvalue weighted by Crippen LogP contribution is -2.07. The Kier molecular flexibility index (Phi) is 4.46. The average Bonchev–Trinajstić information content (AvgIpc) is 2.98. The molecule has 0 saturated heterocycles. The molecule has 0 atom stereocenters. The van der Waals surface area contributed by atoms with E-state index >= 15 is 0 Å². The number of hydrogen-bond donors (Lipinski definition) is 0. The quantitative estimate of drug-likeness (QED) is 0.636. The number of benzene rings is 2. The molecule has 0 spiro atoms. The topological polar surface area (TPSA) is 38.5 Å². The van der Waals surface area contributed by atoms with Crippen molar-refractivity contribution in [3.05, 3.63) is 42.5 Å². The molecular formula is C18H19FN2O2. The first-order valence-corrected chi connectivity index (χ1v) is 7.54. The third kappa shape index (κ3) is 3.44. The number of halogens is 1. The Morgan fingerprint density at radius 3 is 2.61 bits per heavy atom. The van der Waals surface area contributed by atoms with Gasteiger partial charge < -0.3 is 14.1 Å². The van der Waals surface area contributed by atoms with Gasteiger partial charge in [0.2, 0.25) is 5.89 Å². The minimum Gasteiger partial charge on any atom is -0.493 e. The molecule has 3 rings (SSSR count). The first kappa shape index (κ1) is 15.3. The number of fused-ring (bicyclic) bond motifs is 1. The molecule has 23 heavy (non-hydrogen) atoms. The Hall–Kier alpha value is -2.56. The maximum Gasteiger partial charge on any atom is 0.227 e. The van der Waals surface area contributed by atoms with Crippen LogP contribution < -0.4 is 9.64 Å². The highest BCUT2D eigenvalue weighted by Gasteiger charge is 2.09. The SMILES string of the molecule is CN(C)c1ccc(-c2nc3ccc(OCCCF)cc3o2)cc1. The van der Waals surface area contributed by atoms with Crippen molar-refractivity contribution in [3.8, 4) is 17.2 Å². The Morgan fingerprint density at radius 2 is 1.91 bits per heavy atom. The zero-order valence-electron chi connectivity index (χ0n) is 13.3. The first-order valence-electron chi connectivity index (χ1n) is 7.54. The fourth-order valence-corrected chi connectivity index (χ4v) is 2.26. The van der Waals surface area contributed by atoms with E-state index in [2.05, 4.69) is 4.98 Å². The van der Waals surface area contributed by atoms with Crippen molar-refractivity contribution in [3.63, 3.8) is 0 Å². The summed E-state index contributed by atoms with van der Waals surface area (Å²) < 4.78 is 23.4. The van der Waals surface area contributed by atoms with Crippen molar-refractivity contribution in [1.29, 1.82) is 0 Å². The third-order valence-electron chi connectivity index (χ3n) is 3.54. The van der Waals surface area contributed by atoms with E-state index in [9.17, 15) is 4.39 Å². The molecule has 0 aliphatic rings. The van der Waals surface area contributed by atoms with Gasteiger partial charge in [-0.25, -0.2) is 4.98 Å². The van der Waals surface area contributed by atoms with Gasteiger partial charge in [-0.05, 0) is 36.4 Å². The van der Waals surface area contributed by atoms with Crippen LogP contribution in [0, 0.1) is 0 Å². The van der Waals surface area contributed by atoms with Crippen molar-refractivity contribution < 1.29 is 13.5 Å². The van der Waals surface area contributed by atoms with Crippen LogP contribution >= 0.6 is 0 Å². The summed E-state index contributed by atoms with van der Waals surface area (Å²) in [5, 5.41) is 0. The van der Waals surface area contributed by atoms with Crippen LogP contribution in [0.15, 0.2) is 46.9 Å². The predicted molar refractivity (Wildman–Crippen MR) is 89.9 cm³/mol. The van der Waals surface area contributed by atoms with Gasteiger partial charge in [0.15, 0.2) is 5.58 Å². The van der Waals surface area contributed by atoms with Crippen LogP contribution in [-0.2, 0) is 0 Å². The van der Waals surface area contributed by atoms with E-state index in [1.165, 1.54) is 0 Å². The molecule has 0 radical (unpaired) electrons. The molecule has 120 valence electrons. The van der Waals surface area contributed by atoms with Gasteiger partial charge in [0.05, 0.1) is 13.3 Å². The number of hydrogen-bond acceptors (Lipinski definition) is 4. The Bertz CT molecular complexity index is 781. The molecule has 0 fully saturated rings. The van der Waals surface area contributed by atoms with Crippen LogP contribution in [0.4, 0.5) is 10.1 Å². The molecule has 1 aromatic heterocycles. The van der Waals surface area contributed by atoms with Crippen molar-refractivity contribution >= 4 is 16.8 Å². The number of aromatic nitrogens is 1. The number of oxazole rings is 1. The van der Waals surface area contributed by atoms with Crippen molar-refractivity contribution in [1.82, 2.24) is 4.98 Å². The minimum absolute atomic E-state index is 0.356. The molecule has 3 aromatic rings. The van der Waals surface area contributed by atoms with E-state index in [4.69, 9.17) is 9.15 Å². The van der Waals surface area contributed by atoms with E-state index in [1.54, 1.807) is 6.07 Å². The maximum absolute atomic E-state index is 12.1. The maximum atomic E-state index is 12.1. The molecule has 0 unspecified atom stereocenters. The normalized spacial score (nSPS) is 10.9. The summed E-state index contributed by atoms with van der Waals surface area (Å²) in [5.74, 6) is 1.24. The minimum atomic E-state index is -0.377. The highest BCUT2D eigenvalue weighted by molar-refractivity contribution is 5.77. The fourth-order valence-electron chi connectivity index (χ4n) is 2.26. The van der Waals surface area contributed by atoms with E-state index in [0.29, 0.717) is 30.3 Å². The summed E-state index contributed by atoms with van der Waals surface area (Å²) in [4.78, 5) is 6.54. The summed E-state index contributed by atoms with van der Waals surface area (Å²) in [7, 11) is 4.00. The van der Waals surface area contributed by atoms with Gasteiger partial charge in [-0.15, -0.1) is 0 Å². The highest BCUT2D eigenvalue weighted by atomic mass is 19.1. The van der Waals surface area contributed by atoms with Gasteiger partial charge in [0, 0.05) is 37.8 Å². The molecule has 0 saturated carbocycles. The van der Waals surface area contributed by atoms with Crippen LogP contribution in [0.2, 0.25) is 0 Å². The van der Waals surface area contributed by atoms with Gasteiger partial charge in [-0.2, -0.15) is 0 Å². The molecule has 4 nitrogen and oxygen atoms in total. The highest BCUT2D eigenvalue weighted by Crippen LogP contribution is 2.28. The van der Waals surface area contributed by atoms with Gasteiger partial charge >= 0.3 is 0 Å². The van der Waals surface area contributed by atoms with E-state index < -0.39 is 0 Å². The van der Waals surface area contributed by atoms with Crippen molar-refractivity contribution in [2.75, 3.05) is 32.3 Å². The second-order valence-corrected chi connectivity index (χ2v) is 5.48. The molecule has 1 heterocycles. The monoisotopic (exact) mass is 314 g/mol. The summed E-state index contributed by atoms with van der Waals surface area (Å²) in [6.45, 7) is -0.0212. The van der Waals surface area contributed by atoms with Crippen molar-refractivity contribution in [2.24, 2.45) is 0 Å². The van der Waals surface area contributed by atoms with Gasteiger partial charge in [0.25, 0.3) is 0 Å². The molecular weight excluding hydrogens is 295 g/mol. The fraction of sp³-hybridized carbons (Fsp3) is 0.278. The Balaban J connectivity index is 1.84. The van der Waals surface area contributed by atoms with Crippen LogP contribution in [0.1, 0.15) is 6.42 Å². The van der Waals surface area contributed by atoms with Gasteiger partial charge in [-0.3, -0.25) is 4.39 Å². The number of rotatable bonds is 6. The van der Waals surface area contributed by atoms with Crippen LogP contribution in [0.3, 0.4) is 0 Å². The molecule has 0 N–H and O–H groups in total. The number of ether oxygens (including phenoxy) is 1. The van der Waals surface area contributed by atoms with Gasteiger partial charge in [-0.1, -0.05) is 0 Å². The largest absolute Gasteiger partial charge is 0.493 e. The zero-order valence-corrected chi connectivity index (χ0v) is 13.3. The van der Waals surface area contributed by atoms with E-state index in [-0.39, 0.29) is 6.67 Å². The molecule has 0 bridgehead atoms. The second kappa shape index (κ2) is 6.69. The van der Waals surface area contributed by atoms with Crippen molar-refractivity contribution in [2.45, 2.75) is 6.42 Å². The third-order valence-corrected chi connectivity index (χ3v) is 3.54. The summed E-state index contributed by atoms with van der Waals surface area (Å²) in [6, 6.07) is 13.5. The number of anilines is 1. The van der Waals surface area contributed by atoms with Crippen LogP contribution in [0.5, 0.6) is 5.75 Å². The summed E-state index contributed by atoms with van der Waals surface area (Å²) in [6.07, 6.45) is 0.387. The molecule has 2 aromatic carbocycles. The number of alkyl halides is 1. The van der Waals surface area contributed by atoms with Crippen LogP contribution in [0.25, 0.3) is 22.6 Å². The van der Waals surface area contributed by atoms with E-state index in [1.807, 2.05) is 55.4 Å². The lowest BCUT2D eigenvalue weighted by molar-refractivity contribution is 0.290. The number of nitrogens with zero attached hydrogens (tertiary/aromatic N) is 2. The lowest BCUT2D eigenvalue weighted by atomic mass is 10.2. The van der Waals surface area contributed by atoms with Gasteiger partial charge in [0.1, 0.15) is 11.3 Å². The Morgan fingerprint density at radius 1 is 1.13 bits per heavy atom. The van der Waals surface area contributed by atoms with E-state index in [0.717, 1.165) is 16.8 Å². The first-order chi connectivity index (χ1) is 11.2. The molecule has 0 amide bonds. The Labute approximate surface area is 134 Å². The molecule has 5 heteroatoms. The average molecular weight is 314 g/mol. The van der Waals surface area contributed by atoms with Crippen LogP contribution in [-0.4, -0.2) is 32.4 Å². The summed E-state index contributed by atoms with van der Waals surface area (Å²) in [5.41, 5.74) is 3.48. The molecule has 0 aliphatic carbocycles. The molecule has 0 aliphatic heterocycles.